The van der Waals surface area contributed by atoms with E-state index in [1.807, 2.05) is 18.2 Å². The molecule has 6 heteroatoms. The van der Waals surface area contributed by atoms with Crippen LogP contribution in [0.2, 0.25) is 0 Å². The van der Waals surface area contributed by atoms with Gasteiger partial charge >= 0.3 is 11.8 Å². The number of carbonyl (C=O) groups excluding carboxylic acids is 2. The summed E-state index contributed by atoms with van der Waals surface area (Å²) in [5.41, 5.74) is 5.39. The molecule has 2 aromatic rings. The van der Waals surface area contributed by atoms with Crippen molar-refractivity contribution in [2.75, 3.05) is 13.7 Å². The van der Waals surface area contributed by atoms with E-state index in [0.717, 1.165) is 23.3 Å². The third-order valence-electron chi connectivity index (χ3n) is 4.11. The molecule has 0 unspecified atom stereocenters. The Labute approximate surface area is 146 Å². The van der Waals surface area contributed by atoms with Gasteiger partial charge in [-0.2, -0.15) is 5.10 Å². The average molecular weight is 337 g/mol. The molecule has 6 nitrogen and oxygen atoms in total. The lowest BCUT2D eigenvalue weighted by Gasteiger charge is -2.27. The highest BCUT2D eigenvalue weighted by molar-refractivity contribution is 6.35. The number of amides is 2. The number of hydrogen-bond acceptors (Lipinski definition) is 4. The van der Waals surface area contributed by atoms with Gasteiger partial charge in [0.15, 0.2) is 0 Å². The number of hydrogen-bond donors (Lipinski definition) is 1. The zero-order valence-electron chi connectivity index (χ0n) is 13.9. The van der Waals surface area contributed by atoms with Gasteiger partial charge in [0.1, 0.15) is 5.75 Å². The van der Waals surface area contributed by atoms with Crippen LogP contribution in [-0.4, -0.2) is 36.6 Å². The summed E-state index contributed by atoms with van der Waals surface area (Å²) in [4.78, 5) is 25.8. The Morgan fingerprint density at radius 2 is 1.84 bits per heavy atom. The Balaban J connectivity index is 1.56. The minimum absolute atomic E-state index is 0.449. The predicted octanol–water partition coefficient (Wildman–Crippen LogP) is 1.73. The zero-order chi connectivity index (χ0) is 17.6. The summed E-state index contributed by atoms with van der Waals surface area (Å²) in [7, 11) is 1.59. The minimum atomic E-state index is -0.732. The van der Waals surface area contributed by atoms with E-state index in [2.05, 4.69) is 16.6 Å². The molecule has 0 saturated heterocycles. The number of methoxy groups -OCH3 is 1. The standard InChI is InChI=1S/C19H19N3O3/c1-25-17-8-6-14(7-9-17)12-20-21-18(23)19(24)22-11-10-15-4-2-3-5-16(15)13-22/h2-9,12H,10-11,13H2,1H3,(H,21,23)/b20-12-. The summed E-state index contributed by atoms with van der Waals surface area (Å²) in [6.45, 7) is 0.982. The summed E-state index contributed by atoms with van der Waals surface area (Å²) in [5, 5.41) is 3.84. The molecular weight excluding hydrogens is 318 g/mol. The second kappa shape index (κ2) is 7.61. The molecule has 3 rings (SSSR count). The Kier molecular flexibility index (Phi) is 5.09. The second-order valence-corrected chi connectivity index (χ2v) is 5.72. The van der Waals surface area contributed by atoms with E-state index in [0.29, 0.717) is 13.1 Å². The van der Waals surface area contributed by atoms with E-state index >= 15 is 0 Å². The number of hydrazone groups is 1. The molecule has 0 aromatic heterocycles. The topological polar surface area (TPSA) is 71.0 Å². The maximum atomic E-state index is 12.3. The molecule has 1 N–H and O–H groups in total. The van der Waals surface area contributed by atoms with Gasteiger partial charge in [0.25, 0.3) is 0 Å². The lowest BCUT2D eigenvalue weighted by molar-refractivity contribution is -0.146. The Morgan fingerprint density at radius 3 is 2.56 bits per heavy atom. The van der Waals surface area contributed by atoms with Crippen molar-refractivity contribution in [3.8, 4) is 5.75 Å². The van der Waals surface area contributed by atoms with Crippen LogP contribution >= 0.6 is 0 Å². The van der Waals surface area contributed by atoms with Crippen LogP contribution in [0.4, 0.5) is 0 Å². The van der Waals surface area contributed by atoms with Crippen molar-refractivity contribution in [3.05, 3.63) is 65.2 Å². The largest absolute Gasteiger partial charge is 0.497 e. The molecule has 25 heavy (non-hydrogen) atoms. The smallest absolute Gasteiger partial charge is 0.329 e. The van der Waals surface area contributed by atoms with Gasteiger partial charge in [-0.05, 0) is 47.4 Å². The van der Waals surface area contributed by atoms with Crippen molar-refractivity contribution in [2.24, 2.45) is 5.10 Å². The number of benzene rings is 2. The highest BCUT2D eigenvalue weighted by atomic mass is 16.5. The zero-order valence-corrected chi connectivity index (χ0v) is 13.9. The summed E-state index contributed by atoms with van der Waals surface area (Å²) in [6, 6.07) is 15.1. The average Bonchev–Trinajstić information content (AvgIpc) is 2.67. The van der Waals surface area contributed by atoms with Crippen LogP contribution in [0.25, 0.3) is 0 Å². The molecule has 0 fully saturated rings. The first kappa shape index (κ1) is 16.7. The van der Waals surface area contributed by atoms with Gasteiger partial charge in [0.2, 0.25) is 0 Å². The maximum Gasteiger partial charge on any atom is 0.329 e. The summed E-state index contributed by atoms with van der Waals surface area (Å²) >= 11 is 0. The normalized spacial score (nSPS) is 13.4. The van der Waals surface area contributed by atoms with Crippen LogP contribution in [-0.2, 0) is 22.6 Å². The van der Waals surface area contributed by atoms with Gasteiger partial charge < -0.3 is 9.64 Å². The highest BCUT2D eigenvalue weighted by Crippen LogP contribution is 2.18. The van der Waals surface area contributed by atoms with Crippen molar-refractivity contribution in [2.45, 2.75) is 13.0 Å². The number of fused-ring (bicyclic) bond motifs is 1. The Bertz CT molecular complexity index is 800. The summed E-state index contributed by atoms with van der Waals surface area (Å²) in [6.07, 6.45) is 2.24. The Morgan fingerprint density at radius 1 is 1.12 bits per heavy atom. The minimum Gasteiger partial charge on any atom is -0.497 e. The second-order valence-electron chi connectivity index (χ2n) is 5.72. The fraction of sp³-hybridized carbons (Fsp3) is 0.211. The van der Waals surface area contributed by atoms with Gasteiger partial charge in [-0.1, -0.05) is 24.3 Å². The lowest BCUT2D eigenvalue weighted by Crippen LogP contribution is -2.43. The number of carbonyl (C=O) groups is 2. The fourth-order valence-corrected chi connectivity index (χ4v) is 2.72. The molecule has 1 heterocycles. The molecule has 1 aliphatic heterocycles. The molecule has 1 aliphatic rings. The number of nitrogens with one attached hydrogen (secondary N) is 1. The van der Waals surface area contributed by atoms with Crippen LogP contribution in [0.5, 0.6) is 5.75 Å². The van der Waals surface area contributed by atoms with E-state index in [4.69, 9.17) is 4.74 Å². The summed E-state index contributed by atoms with van der Waals surface area (Å²) < 4.78 is 5.07. The van der Waals surface area contributed by atoms with Gasteiger partial charge in [-0.15, -0.1) is 0 Å². The first-order valence-electron chi connectivity index (χ1n) is 8.00. The lowest BCUT2D eigenvalue weighted by atomic mass is 10.00. The molecule has 128 valence electrons. The van der Waals surface area contributed by atoms with E-state index in [9.17, 15) is 9.59 Å². The monoisotopic (exact) mass is 337 g/mol. The first-order valence-corrected chi connectivity index (χ1v) is 8.00. The number of ether oxygens (including phenoxy) is 1. The van der Waals surface area contributed by atoms with E-state index in [1.54, 1.807) is 36.3 Å². The van der Waals surface area contributed by atoms with Gasteiger partial charge in [-0.3, -0.25) is 9.59 Å². The van der Waals surface area contributed by atoms with Crippen LogP contribution in [0, 0.1) is 0 Å². The van der Waals surface area contributed by atoms with E-state index in [-0.39, 0.29) is 0 Å². The maximum absolute atomic E-state index is 12.3. The molecule has 2 amide bonds. The van der Waals surface area contributed by atoms with Crippen molar-refractivity contribution in [3.63, 3.8) is 0 Å². The third-order valence-corrected chi connectivity index (χ3v) is 4.11. The molecule has 2 aromatic carbocycles. The highest BCUT2D eigenvalue weighted by Gasteiger charge is 2.25. The van der Waals surface area contributed by atoms with Gasteiger partial charge in [-0.25, -0.2) is 5.43 Å². The van der Waals surface area contributed by atoms with Gasteiger partial charge in [0.05, 0.1) is 13.3 Å². The Hall–Kier alpha value is -3.15. The van der Waals surface area contributed by atoms with Crippen molar-refractivity contribution in [1.29, 1.82) is 0 Å². The molecule has 0 aliphatic carbocycles. The number of nitrogens with zero attached hydrogens (tertiary/aromatic N) is 2. The van der Waals surface area contributed by atoms with Crippen molar-refractivity contribution in [1.82, 2.24) is 10.3 Å². The molecule has 0 spiro atoms. The molecular formula is C19H19N3O3. The SMILES string of the molecule is COc1ccc(/C=N\NC(=O)C(=O)N2CCc3ccccc3C2)cc1. The van der Waals surface area contributed by atoms with Crippen LogP contribution in [0.3, 0.4) is 0 Å². The van der Waals surface area contributed by atoms with Crippen molar-refractivity contribution >= 4 is 18.0 Å². The molecule has 0 radical (unpaired) electrons. The fourth-order valence-electron chi connectivity index (χ4n) is 2.72. The molecule has 0 bridgehead atoms. The summed E-state index contributed by atoms with van der Waals surface area (Å²) in [5.74, 6) is -0.563. The third kappa shape index (κ3) is 4.03. The van der Waals surface area contributed by atoms with Crippen LogP contribution in [0.15, 0.2) is 53.6 Å². The predicted molar refractivity (Wildman–Crippen MR) is 94.3 cm³/mol. The quantitative estimate of drug-likeness (QED) is 0.527. The molecule has 0 saturated carbocycles. The van der Waals surface area contributed by atoms with Crippen molar-refractivity contribution < 1.29 is 14.3 Å². The number of rotatable bonds is 3. The molecule has 0 atom stereocenters. The van der Waals surface area contributed by atoms with Gasteiger partial charge in [0, 0.05) is 13.1 Å². The van der Waals surface area contributed by atoms with Crippen LogP contribution in [0.1, 0.15) is 16.7 Å². The van der Waals surface area contributed by atoms with Crippen LogP contribution < -0.4 is 10.2 Å². The van der Waals surface area contributed by atoms with E-state index in [1.165, 1.54) is 11.8 Å². The van der Waals surface area contributed by atoms with E-state index < -0.39 is 11.8 Å². The first-order chi connectivity index (χ1) is 12.2.